The number of halogens is 2. The van der Waals surface area contributed by atoms with Crippen LogP contribution in [0, 0.1) is 11.8 Å². The summed E-state index contributed by atoms with van der Waals surface area (Å²) in [7, 11) is 4.00. The second-order valence-corrected chi connectivity index (χ2v) is 11.6. The average molecular weight is 530 g/mol. The van der Waals surface area contributed by atoms with Gasteiger partial charge in [0.05, 0.1) is 18.0 Å². The summed E-state index contributed by atoms with van der Waals surface area (Å²) in [5.74, 6) is -4.26. The van der Waals surface area contributed by atoms with Gasteiger partial charge in [-0.05, 0) is 33.9 Å². The third kappa shape index (κ3) is 4.72. The van der Waals surface area contributed by atoms with Crippen LogP contribution >= 0.6 is 11.8 Å². The van der Waals surface area contributed by atoms with Gasteiger partial charge in [-0.25, -0.2) is 4.79 Å². The highest BCUT2D eigenvalue weighted by Gasteiger charge is 2.60. The fourth-order valence-corrected chi connectivity index (χ4v) is 7.30. The van der Waals surface area contributed by atoms with Gasteiger partial charge < -0.3 is 30.4 Å². The van der Waals surface area contributed by atoms with Crippen molar-refractivity contribution in [1.82, 2.24) is 25.3 Å². The Morgan fingerprint density at radius 1 is 1.28 bits per heavy atom. The van der Waals surface area contributed by atoms with Crippen LogP contribution in [0.3, 0.4) is 0 Å². The van der Waals surface area contributed by atoms with E-state index in [2.05, 4.69) is 15.5 Å². The number of carboxylic acids is 1. The Labute approximate surface area is 212 Å². The lowest BCUT2D eigenvalue weighted by molar-refractivity contribution is -0.159. The van der Waals surface area contributed by atoms with Gasteiger partial charge in [-0.15, -0.1) is 11.8 Å². The molecule has 200 valence electrons. The molecule has 4 aliphatic rings. The minimum absolute atomic E-state index is 0.0528. The van der Waals surface area contributed by atoms with Gasteiger partial charge in [0.25, 0.3) is 5.91 Å². The van der Waals surface area contributed by atoms with Gasteiger partial charge in [0.2, 0.25) is 11.8 Å². The molecule has 4 aliphatic heterocycles. The number of nitrogens with one attached hydrogen (secondary N) is 2. The fraction of sp³-hybridized carbons (Fsp3) is 0.739. The van der Waals surface area contributed by atoms with Crippen molar-refractivity contribution in [2.45, 2.75) is 62.5 Å². The van der Waals surface area contributed by atoms with Crippen molar-refractivity contribution >= 4 is 35.5 Å². The largest absolute Gasteiger partial charge is 0.477 e. The lowest BCUT2D eigenvalue weighted by Crippen LogP contribution is -2.66. The number of rotatable bonds is 8. The van der Waals surface area contributed by atoms with E-state index in [-0.39, 0.29) is 28.8 Å². The smallest absolute Gasteiger partial charge is 0.353 e. The van der Waals surface area contributed by atoms with Crippen LogP contribution in [-0.4, -0.2) is 113 Å². The van der Waals surface area contributed by atoms with Gasteiger partial charge in [-0.3, -0.25) is 14.4 Å². The van der Waals surface area contributed by atoms with E-state index >= 15 is 0 Å². The third-order valence-electron chi connectivity index (χ3n) is 7.79. The number of hydrogen-bond donors (Lipinski definition) is 3. The zero-order valence-electron chi connectivity index (χ0n) is 20.7. The summed E-state index contributed by atoms with van der Waals surface area (Å²) in [4.78, 5) is 55.2. The van der Waals surface area contributed by atoms with Crippen molar-refractivity contribution in [2.75, 3.05) is 33.7 Å². The van der Waals surface area contributed by atoms with Crippen LogP contribution in [0.15, 0.2) is 10.6 Å². The molecule has 3 amide bonds. The number of aliphatic carboxylic acids is 1. The van der Waals surface area contributed by atoms with Crippen LogP contribution in [0.5, 0.6) is 0 Å². The minimum atomic E-state index is -3.20. The molecule has 0 unspecified atom stereocenters. The maximum atomic E-state index is 13.0. The summed E-state index contributed by atoms with van der Waals surface area (Å²) in [6.07, 6.45) is -1.73. The molecular weight excluding hydrogens is 496 g/mol. The second-order valence-electron chi connectivity index (χ2n) is 10.3. The highest BCUT2D eigenvalue weighted by atomic mass is 32.2. The molecule has 36 heavy (non-hydrogen) atoms. The zero-order valence-corrected chi connectivity index (χ0v) is 21.6. The Kier molecular flexibility index (Phi) is 7.63. The number of alkyl halides is 2. The number of carbonyl (C=O) groups is 4. The molecule has 13 heteroatoms. The van der Waals surface area contributed by atoms with Crippen molar-refractivity contribution in [3.8, 4) is 0 Å². The SMILES string of the molecule is C[C@@H](NC(=O)C(F)F)[C@H]1C(=O)N2C(C(=O)O)=C(S[C@@H]3CN[C@H](C(=O)N4CC[C@H](N(C)C)C4)C3)[C@H](C)[C@H]12. The summed E-state index contributed by atoms with van der Waals surface area (Å²) in [6.45, 7) is 5.22. The lowest BCUT2D eigenvalue weighted by atomic mass is 9.78. The van der Waals surface area contributed by atoms with Gasteiger partial charge in [-0.1, -0.05) is 6.92 Å². The van der Waals surface area contributed by atoms with E-state index in [0.717, 1.165) is 6.42 Å². The molecule has 0 aromatic rings. The molecule has 4 rings (SSSR count). The number of thioether (sulfide) groups is 1. The highest BCUT2D eigenvalue weighted by Crippen LogP contribution is 2.51. The molecule has 0 spiro atoms. The number of likely N-dealkylation sites (tertiary alicyclic amines) is 1. The second kappa shape index (κ2) is 10.3. The van der Waals surface area contributed by atoms with E-state index in [0.29, 0.717) is 37.0 Å². The lowest BCUT2D eigenvalue weighted by Gasteiger charge is -2.47. The van der Waals surface area contributed by atoms with Crippen molar-refractivity contribution in [3.63, 3.8) is 0 Å². The van der Waals surface area contributed by atoms with Gasteiger partial charge in [0.15, 0.2) is 0 Å². The van der Waals surface area contributed by atoms with Gasteiger partial charge in [0.1, 0.15) is 5.70 Å². The predicted octanol–water partition coefficient (Wildman–Crippen LogP) is 0.155. The van der Waals surface area contributed by atoms with Crippen molar-refractivity contribution in [2.24, 2.45) is 11.8 Å². The number of carbonyl (C=O) groups excluding carboxylic acids is 3. The van der Waals surface area contributed by atoms with E-state index < -0.39 is 42.2 Å². The zero-order chi connectivity index (χ0) is 26.5. The number of likely N-dealkylation sites (N-methyl/N-ethyl adjacent to an activating group) is 1. The molecule has 10 nitrogen and oxygen atoms in total. The van der Waals surface area contributed by atoms with Gasteiger partial charge in [0, 0.05) is 47.8 Å². The first-order valence-electron chi connectivity index (χ1n) is 12.2. The Morgan fingerprint density at radius 2 is 1.97 bits per heavy atom. The van der Waals surface area contributed by atoms with Crippen molar-refractivity contribution in [3.05, 3.63) is 10.6 Å². The normalized spacial score (nSPS) is 32.8. The maximum Gasteiger partial charge on any atom is 0.353 e. The molecule has 3 fully saturated rings. The first kappa shape index (κ1) is 26.8. The van der Waals surface area contributed by atoms with Crippen LogP contribution in [0.1, 0.15) is 26.7 Å². The third-order valence-corrected chi connectivity index (χ3v) is 9.30. The van der Waals surface area contributed by atoms with E-state index in [1.54, 1.807) is 0 Å². The maximum absolute atomic E-state index is 13.0. The van der Waals surface area contributed by atoms with E-state index in [1.165, 1.54) is 23.6 Å². The highest BCUT2D eigenvalue weighted by molar-refractivity contribution is 8.03. The van der Waals surface area contributed by atoms with Crippen LogP contribution in [0.4, 0.5) is 8.78 Å². The average Bonchev–Trinajstić information content (AvgIpc) is 3.52. The van der Waals surface area contributed by atoms with Crippen LogP contribution in [0.2, 0.25) is 0 Å². The molecule has 4 heterocycles. The van der Waals surface area contributed by atoms with Crippen molar-refractivity contribution < 1.29 is 33.1 Å². The number of β-lactam (4-membered cyclic amide) rings is 1. The Bertz CT molecular complexity index is 979. The van der Waals surface area contributed by atoms with Crippen LogP contribution < -0.4 is 10.6 Å². The quantitative estimate of drug-likeness (QED) is 0.380. The number of nitrogens with zero attached hydrogens (tertiary/aromatic N) is 3. The summed E-state index contributed by atoms with van der Waals surface area (Å²) in [5, 5.41) is 15.3. The predicted molar refractivity (Wildman–Crippen MR) is 128 cm³/mol. The molecule has 0 aromatic carbocycles. The summed E-state index contributed by atoms with van der Waals surface area (Å²) in [5.41, 5.74) is -0.0886. The molecule has 0 radical (unpaired) electrons. The van der Waals surface area contributed by atoms with Crippen LogP contribution in [-0.2, 0) is 19.2 Å². The fourth-order valence-electron chi connectivity index (χ4n) is 5.82. The molecule has 0 aromatic heterocycles. The number of amides is 3. The standard InChI is InChI=1S/C23H33F2N5O5S/c1-10-16-15(11(2)27-20(31)19(24)25)22(33)30(16)17(23(34)35)18(10)36-13-7-14(26-8-13)21(32)29-6-5-12(9-29)28(3)4/h10-16,19,26H,5-9H2,1-4H3,(H,27,31)(H,34,35)/t10-,11-,12+,13+,14+,15-,16-/m1/s1. The summed E-state index contributed by atoms with van der Waals surface area (Å²) < 4.78 is 25.4. The molecule has 3 saturated heterocycles. The number of fused-ring (bicyclic) bond motifs is 1. The first-order valence-corrected chi connectivity index (χ1v) is 13.0. The Morgan fingerprint density at radius 3 is 2.56 bits per heavy atom. The van der Waals surface area contributed by atoms with E-state index in [1.807, 2.05) is 25.9 Å². The first-order chi connectivity index (χ1) is 16.9. The molecular formula is C23H33F2N5O5S. The molecule has 0 aliphatic carbocycles. The molecule has 0 saturated carbocycles. The summed E-state index contributed by atoms with van der Waals surface area (Å²) in [6, 6.07) is -1.39. The molecule has 0 bridgehead atoms. The molecule has 3 N–H and O–H groups in total. The Balaban J connectivity index is 1.42. The van der Waals surface area contributed by atoms with E-state index in [9.17, 15) is 33.1 Å². The minimum Gasteiger partial charge on any atom is -0.477 e. The topological polar surface area (TPSA) is 122 Å². The number of carboxylic acid groups (broad SMARTS) is 1. The summed E-state index contributed by atoms with van der Waals surface area (Å²) >= 11 is 1.37. The monoisotopic (exact) mass is 529 g/mol. The number of hydrogen-bond acceptors (Lipinski definition) is 7. The van der Waals surface area contributed by atoms with Crippen LogP contribution in [0.25, 0.3) is 0 Å². The van der Waals surface area contributed by atoms with E-state index in [4.69, 9.17) is 0 Å². The van der Waals surface area contributed by atoms with Crippen molar-refractivity contribution in [1.29, 1.82) is 0 Å². The van der Waals surface area contributed by atoms with Gasteiger partial charge >= 0.3 is 12.4 Å². The Hall–Kier alpha value is -2.25. The van der Waals surface area contributed by atoms with Gasteiger partial charge in [-0.2, -0.15) is 8.78 Å². The molecule has 7 atom stereocenters.